The van der Waals surface area contributed by atoms with Crippen LogP contribution >= 0.6 is 0 Å². The molecule has 29 heavy (non-hydrogen) atoms. The minimum absolute atomic E-state index is 0.659. The molecule has 1 aliphatic rings. The van der Waals surface area contributed by atoms with Crippen LogP contribution in [0.4, 0.5) is 5.82 Å². The first-order valence-corrected chi connectivity index (χ1v) is 10.0. The van der Waals surface area contributed by atoms with E-state index in [1.54, 1.807) is 6.33 Å². The predicted octanol–water partition coefficient (Wildman–Crippen LogP) is 2.79. The highest BCUT2D eigenvalue weighted by Crippen LogP contribution is 2.21. The SMILES string of the molecule is Cc1cc(N2CCN(CCOc3ccc4ccccc4c3)CC2)n2ncnc2n1. The number of piperazine rings is 1. The molecule has 7 heteroatoms. The molecule has 2 aromatic carbocycles. The van der Waals surface area contributed by atoms with Crippen molar-refractivity contribution in [3.63, 3.8) is 0 Å². The van der Waals surface area contributed by atoms with Gasteiger partial charge in [-0.3, -0.25) is 4.90 Å². The fraction of sp³-hybridized carbons (Fsp3) is 0.318. The number of rotatable bonds is 5. The van der Waals surface area contributed by atoms with Crippen LogP contribution < -0.4 is 9.64 Å². The first-order valence-electron chi connectivity index (χ1n) is 10.0. The van der Waals surface area contributed by atoms with Crippen molar-refractivity contribution in [2.75, 3.05) is 44.2 Å². The van der Waals surface area contributed by atoms with Gasteiger partial charge < -0.3 is 9.64 Å². The molecule has 0 spiro atoms. The van der Waals surface area contributed by atoms with Gasteiger partial charge in [-0.1, -0.05) is 30.3 Å². The fourth-order valence-corrected chi connectivity index (χ4v) is 3.89. The second kappa shape index (κ2) is 7.67. The van der Waals surface area contributed by atoms with Crippen LogP contribution in [0.1, 0.15) is 5.69 Å². The summed E-state index contributed by atoms with van der Waals surface area (Å²) in [7, 11) is 0. The molecule has 0 saturated carbocycles. The van der Waals surface area contributed by atoms with E-state index in [1.165, 1.54) is 10.8 Å². The highest BCUT2D eigenvalue weighted by molar-refractivity contribution is 5.83. The summed E-state index contributed by atoms with van der Waals surface area (Å²) in [5.41, 5.74) is 0.965. The smallest absolute Gasteiger partial charge is 0.254 e. The van der Waals surface area contributed by atoms with Gasteiger partial charge in [0.1, 0.15) is 24.5 Å². The Morgan fingerprint density at radius 3 is 2.66 bits per heavy atom. The van der Waals surface area contributed by atoms with E-state index in [0.717, 1.165) is 50.0 Å². The quantitative estimate of drug-likeness (QED) is 0.524. The molecule has 0 bridgehead atoms. The summed E-state index contributed by atoms with van der Waals surface area (Å²) in [4.78, 5) is 13.5. The minimum atomic E-state index is 0.659. The Morgan fingerprint density at radius 1 is 0.966 bits per heavy atom. The van der Waals surface area contributed by atoms with Gasteiger partial charge in [0.2, 0.25) is 0 Å². The van der Waals surface area contributed by atoms with E-state index in [0.29, 0.717) is 12.4 Å². The van der Waals surface area contributed by atoms with Crippen LogP contribution in [0.15, 0.2) is 54.9 Å². The van der Waals surface area contributed by atoms with E-state index >= 15 is 0 Å². The molecule has 0 amide bonds. The maximum absolute atomic E-state index is 6.01. The van der Waals surface area contributed by atoms with Gasteiger partial charge in [0.15, 0.2) is 0 Å². The molecule has 1 aliphatic heterocycles. The molecule has 0 N–H and O–H groups in total. The summed E-state index contributed by atoms with van der Waals surface area (Å²) in [6.07, 6.45) is 1.56. The van der Waals surface area contributed by atoms with Gasteiger partial charge in [-0.2, -0.15) is 14.6 Å². The molecule has 4 aromatic rings. The van der Waals surface area contributed by atoms with E-state index in [-0.39, 0.29) is 0 Å². The van der Waals surface area contributed by atoms with Gasteiger partial charge >= 0.3 is 0 Å². The third-order valence-electron chi connectivity index (χ3n) is 5.45. The van der Waals surface area contributed by atoms with Crippen molar-refractivity contribution in [2.45, 2.75) is 6.92 Å². The maximum Gasteiger partial charge on any atom is 0.254 e. The average Bonchev–Trinajstić information content (AvgIpc) is 3.22. The normalized spacial score (nSPS) is 15.3. The van der Waals surface area contributed by atoms with Crippen molar-refractivity contribution in [3.05, 3.63) is 60.6 Å². The van der Waals surface area contributed by atoms with E-state index in [4.69, 9.17) is 4.74 Å². The monoisotopic (exact) mass is 388 g/mol. The molecule has 7 nitrogen and oxygen atoms in total. The van der Waals surface area contributed by atoms with E-state index < -0.39 is 0 Å². The van der Waals surface area contributed by atoms with Crippen LogP contribution in [0, 0.1) is 6.92 Å². The summed E-state index contributed by atoms with van der Waals surface area (Å²) in [6.45, 7) is 7.52. The van der Waals surface area contributed by atoms with Gasteiger partial charge in [0.25, 0.3) is 5.78 Å². The Morgan fingerprint density at radius 2 is 1.79 bits per heavy atom. The van der Waals surface area contributed by atoms with Gasteiger partial charge in [0, 0.05) is 44.5 Å². The number of fused-ring (bicyclic) bond motifs is 2. The van der Waals surface area contributed by atoms with Crippen LogP contribution in [0.3, 0.4) is 0 Å². The summed E-state index contributed by atoms with van der Waals surface area (Å²) >= 11 is 0. The molecular weight excluding hydrogens is 364 g/mol. The standard InChI is InChI=1S/C22H24N6O/c1-17-14-21(28-22(25-17)23-16-24-28)27-10-8-26(9-11-27)12-13-29-20-7-6-18-4-2-3-5-19(18)15-20/h2-7,14-16H,8-13H2,1H3. The molecule has 3 heterocycles. The zero-order chi connectivity index (χ0) is 19.6. The zero-order valence-corrected chi connectivity index (χ0v) is 16.5. The Hall–Kier alpha value is -3.19. The lowest BCUT2D eigenvalue weighted by molar-refractivity contribution is 0.200. The minimum Gasteiger partial charge on any atom is -0.492 e. The van der Waals surface area contributed by atoms with E-state index in [9.17, 15) is 0 Å². The Labute approximate surface area is 169 Å². The summed E-state index contributed by atoms with van der Waals surface area (Å²) < 4.78 is 7.83. The van der Waals surface area contributed by atoms with Gasteiger partial charge in [-0.25, -0.2) is 4.98 Å². The highest BCUT2D eigenvalue weighted by Gasteiger charge is 2.20. The number of hydrogen-bond donors (Lipinski definition) is 0. The molecule has 0 radical (unpaired) electrons. The van der Waals surface area contributed by atoms with Crippen molar-refractivity contribution < 1.29 is 4.74 Å². The van der Waals surface area contributed by atoms with Crippen molar-refractivity contribution >= 4 is 22.4 Å². The second-order valence-electron chi connectivity index (χ2n) is 7.41. The molecule has 1 fully saturated rings. The second-order valence-corrected chi connectivity index (χ2v) is 7.41. The number of nitrogens with zero attached hydrogens (tertiary/aromatic N) is 6. The number of ether oxygens (including phenoxy) is 1. The number of benzene rings is 2. The van der Waals surface area contributed by atoms with Crippen molar-refractivity contribution in [3.8, 4) is 5.75 Å². The van der Waals surface area contributed by atoms with Gasteiger partial charge in [-0.05, 0) is 29.8 Å². The molecule has 148 valence electrons. The van der Waals surface area contributed by atoms with Crippen LogP contribution in [0.5, 0.6) is 5.75 Å². The predicted molar refractivity (Wildman–Crippen MR) is 114 cm³/mol. The number of anilines is 1. The molecule has 0 unspecified atom stereocenters. The molecule has 1 saturated heterocycles. The number of hydrogen-bond acceptors (Lipinski definition) is 6. The van der Waals surface area contributed by atoms with Gasteiger partial charge in [-0.15, -0.1) is 0 Å². The molecule has 5 rings (SSSR count). The fourth-order valence-electron chi connectivity index (χ4n) is 3.89. The molecule has 2 aromatic heterocycles. The van der Waals surface area contributed by atoms with E-state index in [1.807, 2.05) is 11.4 Å². The highest BCUT2D eigenvalue weighted by atomic mass is 16.5. The van der Waals surface area contributed by atoms with Crippen LogP contribution in [0.2, 0.25) is 0 Å². The van der Waals surface area contributed by atoms with Crippen molar-refractivity contribution in [1.82, 2.24) is 24.5 Å². The lowest BCUT2D eigenvalue weighted by Gasteiger charge is -2.35. The number of aromatic nitrogens is 4. The van der Waals surface area contributed by atoms with E-state index in [2.05, 4.69) is 73.4 Å². The van der Waals surface area contributed by atoms with Crippen LogP contribution in [-0.2, 0) is 0 Å². The third kappa shape index (κ3) is 3.73. The largest absolute Gasteiger partial charge is 0.492 e. The van der Waals surface area contributed by atoms with Crippen molar-refractivity contribution in [1.29, 1.82) is 0 Å². The Bertz CT molecular complexity index is 1130. The van der Waals surface area contributed by atoms with Crippen LogP contribution in [-0.4, -0.2) is 63.8 Å². The topological polar surface area (TPSA) is 58.8 Å². The van der Waals surface area contributed by atoms with Crippen LogP contribution in [0.25, 0.3) is 16.6 Å². The lowest BCUT2D eigenvalue weighted by atomic mass is 10.1. The average molecular weight is 388 g/mol. The zero-order valence-electron chi connectivity index (χ0n) is 16.5. The Kier molecular flexibility index (Phi) is 4.73. The first kappa shape index (κ1) is 17.9. The molecule has 0 aliphatic carbocycles. The summed E-state index contributed by atoms with van der Waals surface area (Å²) in [5, 5.41) is 6.78. The third-order valence-corrected chi connectivity index (χ3v) is 5.45. The molecule has 0 atom stereocenters. The van der Waals surface area contributed by atoms with Crippen molar-refractivity contribution in [2.24, 2.45) is 0 Å². The summed E-state index contributed by atoms with van der Waals surface area (Å²) in [6, 6.07) is 16.7. The maximum atomic E-state index is 6.01. The summed E-state index contributed by atoms with van der Waals surface area (Å²) in [5.74, 6) is 2.66. The molecular formula is C22H24N6O. The first-order chi connectivity index (χ1) is 14.3. The number of aryl methyl sites for hydroxylation is 1. The Balaban J connectivity index is 1.16. The lowest BCUT2D eigenvalue weighted by Crippen LogP contribution is -2.48. The van der Waals surface area contributed by atoms with Gasteiger partial charge in [0.05, 0.1) is 0 Å².